The number of benzene rings is 2. The van der Waals surface area contributed by atoms with Crippen molar-refractivity contribution in [1.82, 2.24) is 10.2 Å². The number of nitrogens with zero attached hydrogens (tertiary/aromatic N) is 3. The van der Waals surface area contributed by atoms with Crippen LogP contribution in [-0.2, 0) is 9.09 Å². The van der Waals surface area contributed by atoms with Crippen LogP contribution in [0.5, 0.6) is 11.5 Å². The van der Waals surface area contributed by atoms with Gasteiger partial charge < -0.3 is 25.0 Å². The molecule has 4 N–H and O–H groups in total. The number of phosphoric ester groups is 1. The quantitative estimate of drug-likeness (QED) is 0.275. The third kappa shape index (κ3) is 8.33. The molecule has 3 rings (SSSR count). The van der Waals surface area contributed by atoms with Gasteiger partial charge in [0.1, 0.15) is 28.4 Å². The van der Waals surface area contributed by atoms with E-state index in [1.54, 1.807) is 18.2 Å². The number of hydrogen-bond acceptors (Lipinski definition) is 9. The average Bonchev–Trinajstić information content (AvgIpc) is 3.27. The zero-order chi connectivity index (χ0) is 26.6. The van der Waals surface area contributed by atoms with Gasteiger partial charge in [0.05, 0.1) is 28.8 Å². The van der Waals surface area contributed by atoms with E-state index in [2.05, 4.69) is 20.8 Å². The summed E-state index contributed by atoms with van der Waals surface area (Å²) in [5, 5.41) is 18.7. The molecule has 0 amide bonds. The molecule has 10 nitrogen and oxygen atoms in total. The molecule has 2 aromatic carbocycles. The predicted molar refractivity (Wildman–Crippen MR) is 140 cm³/mol. The zero-order valence-electron chi connectivity index (χ0n) is 19.8. The Kier molecular flexibility index (Phi) is 10.8. The SMILES string of the molecule is CC(C)Oc1ccc(-c2nnc(-c3cc(F)c(OC[C@@H](N)[C@H](C)OP(=O)(O)O)cc3Cl)s2)cc1C#N.Cl. The molecule has 1 heterocycles. The first kappa shape index (κ1) is 30.9. The van der Waals surface area contributed by atoms with Crippen molar-refractivity contribution in [3.8, 4) is 38.7 Å². The summed E-state index contributed by atoms with van der Waals surface area (Å²) in [5.41, 5.74) is 7.08. The summed E-state index contributed by atoms with van der Waals surface area (Å²) >= 11 is 7.51. The van der Waals surface area contributed by atoms with Crippen molar-refractivity contribution in [1.29, 1.82) is 5.26 Å². The molecular weight excluding hydrogens is 569 g/mol. The number of hydrogen-bond donors (Lipinski definition) is 3. The Hall–Kier alpha value is -2.33. The largest absolute Gasteiger partial charge is 0.490 e. The van der Waals surface area contributed by atoms with Crippen LogP contribution in [0.1, 0.15) is 26.3 Å². The Morgan fingerprint density at radius 2 is 1.86 bits per heavy atom. The highest BCUT2D eigenvalue weighted by atomic mass is 35.5. The summed E-state index contributed by atoms with van der Waals surface area (Å²) in [6.07, 6.45) is -1.14. The fourth-order valence-electron chi connectivity index (χ4n) is 2.98. The van der Waals surface area contributed by atoms with Gasteiger partial charge in [-0.1, -0.05) is 22.9 Å². The molecule has 2 atom stereocenters. The van der Waals surface area contributed by atoms with Gasteiger partial charge in [-0.15, -0.1) is 22.6 Å². The van der Waals surface area contributed by atoms with E-state index in [9.17, 15) is 14.2 Å². The summed E-state index contributed by atoms with van der Waals surface area (Å²) < 4.78 is 41.2. The number of phosphoric acid groups is 1. The lowest BCUT2D eigenvalue weighted by molar-refractivity contribution is 0.106. The lowest BCUT2D eigenvalue weighted by Crippen LogP contribution is -2.39. The van der Waals surface area contributed by atoms with Gasteiger partial charge in [-0.25, -0.2) is 8.96 Å². The summed E-state index contributed by atoms with van der Waals surface area (Å²) in [4.78, 5) is 17.7. The summed E-state index contributed by atoms with van der Waals surface area (Å²) in [7, 11) is -4.73. The van der Waals surface area contributed by atoms with Crippen LogP contribution in [0.2, 0.25) is 5.02 Å². The molecular formula is C22H24Cl2FN4O6PS. The Labute approximate surface area is 227 Å². The van der Waals surface area contributed by atoms with Crippen molar-refractivity contribution < 1.29 is 32.7 Å². The maximum absolute atomic E-state index is 14.7. The van der Waals surface area contributed by atoms with Crippen molar-refractivity contribution in [3.63, 3.8) is 0 Å². The van der Waals surface area contributed by atoms with Gasteiger partial charge in [0.2, 0.25) is 0 Å². The second-order valence-electron chi connectivity index (χ2n) is 7.94. The van der Waals surface area contributed by atoms with E-state index < -0.39 is 25.8 Å². The minimum Gasteiger partial charge on any atom is -0.490 e. The van der Waals surface area contributed by atoms with Crippen LogP contribution >= 0.6 is 43.2 Å². The van der Waals surface area contributed by atoms with Crippen LogP contribution in [0.4, 0.5) is 4.39 Å². The molecule has 0 aliphatic rings. The summed E-state index contributed by atoms with van der Waals surface area (Å²) in [6, 6.07) is 8.62. The Morgan fingerprint density at radius 1 is 1.19 bits per heavy atom. The third-order valence-corrected chi connectivity index (χ3v) is 6.65. The maximum atomic E-state index is 14.7. The molecule has 37 heavy (non-hydrogen) atoms. The van der Waals surface area contributed by atoms with Crippen LogP contribution in [-0.4, -0.2) is 44.8 Å². The van der Waals surface area contributed by atoms with Crippen LogP contribution in [0.3, 0.4) is 0 Å². The fraction of sp³-hybridized carbons (Fsp3) is 0.318. The first-order valence-electron chi connectivity index (χ1n) is 10.5. The highest BCUT2D eigenvalue weighted by molar-refractivity contribution is 7.46. The Morgan fingerprint density at radius 3 is 2.49 bits per heavy atom. The van der Waals surface area contributed by atoms with E-state index in [0.29, 0.717) is 26.9 Å². The molecule has 0 aliphatic carbocycles. The van der Waals surface area contributed by atoms with Crippen molar-refractivity contribution >= 4 is 43.2 Å². The Bertz CT molecular complexity index is 1330. The van der Waals surface area contributed by atoms with Crippen LogP contribution in [0.25, 0.3) is 21.1 Å². The number of nitriles is 1. The summed E-state index contributed by atoms with van der Waals surface area (Å²) in [6.45, 7) is 4.80. The first-order chi connectivity index (χ1) is 16.9. The van der Waals surface area contributed by atoms with E-state index in [1.165, 1.54) is 13.0 Å². The maximum Gasteiger partial charge on any atom is 0.469 e. The highest BCUT2D eigenvalue weighted by Crippen LogP contribution is 2.39. The first-order valence-corrected chi connectivity index (χ1v) is 13.3. The molecule has 3 aromatic rings. The lowest BCUT2D eigenvalue weighted by Gasteiger charge is -2.21. The van der Waals surface area contributed by atoms with Gasteiger partial charge >= 0.3 is 7.82 Å². The number of ether oxygens (including phenoxy) is 2. The molecule has 0 saturated heterocycles. The van der Waals surface area contributed by atoms with Gasteiger partial charge in [-0.2, -0.15) is 5.26 Å². The number of halogens is 3. The number of aromatic nitrogens is 2. The second kappa shape index (κ2) is 13.0. The molecule has 0 unspecified atom stereocenters. The van der Waals surface area contributed by atoms with Crippen LogP contribution < -0.4 is 15.2 Å². The Balaban J connectivity index is 0.00000481. The van der Waals surface area contributed by atoms with Gasteiger partial charge in [-0.05, 0) is 45.0 Å². The minimum absolute atomic E-state index is 0. The smallest absolute Gasteiger partial charge is 0.469 e. The highest BCUT2D eigenvalue weighted by Gasteiger charge is 2.25. The lowest BCUT2D eigenvalue weighted by atomic mass is 10.1. The van der Waals surface area contributed by atoms with Crippen LogP contribution in [0.15, 0.2) is 30.3 Å². The third-order valence-electron chi connectivity index (χ3n) is 4.72. The van der Waals surface area contributed by atoms with Gasteiger partial charge in [0.25, 0.3) is 0 Å². The van der Waals surface area contributed by atoms with Gasteiger partial charge in [0.15, 0.2) is 11.6 Å². The summed E-state index contributed by atoms with van der Waals surface area (Å²) in [5.74, 6) is -0.486. The standard InChI is InChI=1S/C22H23ClFN4O6PS.ClH/c1-11(2)33-19-5-4-13(6-14(19)9-25)21-27-28-22(36-21)15-7-17(24)20(8-16(15)23)32-10-18(26)12(3)34-35(29,30)31;/h4-8,11-12,18H,10,26H2,1-3H3,(H2,29,30,31);1H/t12-,18+;/m0./s1. The van der Waals surface area contributed by atoms with Gasteiger partial charge in [-0.3, -0.25) is 4.52 Å². The van der Waals surface area contributed by atoms with E-state index in [4.69, 9.17) is 36.6 Å². The average molecular weight is 593 g/mol. The van der Waals surface area contributed by atoms with E-state index >= 15 is 0 Å². The fourth-order valence-corrected chi connectivity index (χ4v) is 4.73. The second-order valence-corrected chi connectivity index (χ2v) is 10.5. The molecule has 0 saturated carbocycles. The van der Waals surface area contributed by atoms with Crippen LogP contribution in [0, 0.1) is 17.1 Å². The van der Waals surface area contributed by atoms with E-state index in [-0.39, 0.29) is 41.5 Å². The molecule has 1 aromatic heterocycles. The topological polar surface area (TPSA) is 161 Å². The zero-order valence-corrected chi connectivity index (χ0v) is 23.1. The van der Waals surface area contributed by atoms with Crippen molar-refractivity contribution in [2.24, 2.45) is 5.73 Å². The minimum atomic E-state index is -4.73. The predicted octanol–water partition coefficient (Wildman–Crippen LogP) is 4.95. The van der Waals surface area contributed by atoms with Gasteiger partial charge in [0, 0.05) is 17.2 Å². The van der Waals surface area contributed by atoms with E-state index in [0.717, 1.165) is 17.4 Å². The molecule has 0 radical (unpaired) electrons. The van der Waals surface area contributed by atoms with Crippen molar-refractivity contribution in [2.75, 3.05) is 6.61 Å². The monoisotopic (exact) mass is 592 g/mol. The molecule has 0 fully saturated rings. The molecule has 15 heteroatoms. The number of nitrogens with two attached hydrogens (primary N) is 1. The molecule has 0 spiro atoms. The molecule has 200 valence electrons. The molecule has 0 bridgehead atoms. The van der Waals surface area contributed by atoms with Crippen molar-refractivity contribution in [3.05, 3.63) is 46.7 Å². The van der Waals surface area contributed by atoms with Crippen molar-refractivity contribution in [2.45, 2.75) is 39.0 Å². The molecule has 0 aliphatic heterocycles. The number of rotatable bonds is 10. The van der Waals surface area contributed by atoms with E-state index in [1.807, 2.05) is 13.8 Å². The normalized spacial score (nSPS) is 13.0.